The molecule has 1 amide bonds. The molecule has 2 aliphatic rings. The van der Waals surface area contributed by atoms with Crippen LogP contribution in [0.3, 0.4) is 0 Å². The van der Waals surface area contributed by atoms with E-state index in [0.29, 0.717) is 19.6 Å². The van der Waals surface area contributed by atoms with Gasteiger partial charge < -0.3 is 14.2 Å². The van der Waals surface area contributed by atoms with E-state index in [1.54, 1.807) is 13.3 Å². The Morgan fingerprint density at radius 2 is 2.16 bits per heavy atom. The number of aromatic nitrogens is 1. The van der Waals surface area contributed by atoms with Crippen molar-refractivity contribution in [3.63, 3.8) is 0 Å². The molecule has 0 saturated carbocycles. The summed E-state index contributed by atoms with van der Waals surface area (Å²) in [6, 6.07) is 10.2. The van der Waals surface area contributed by atoms with E-state index in [1.807, 2.05) is 23.1 Å². The van der Waals surface area contributed by atoms with Gasteiger partial charge in [0, 0.05) is 31.7 Å². The maximum Gasteiger partial charge on any atom is 0.233 e. The molecule has 0 radical (unpaired) electrons. The van der Waals surface area contributed by atoms with Gasteiger partial charge in [0.15, 0.2) is 0 Å². The Kier molecular flexibility index (Phi) is 4.12. The summed E-state index contributed by atoms with van der Waals surface area (Å²) in [7, 11) is 1.68. The molecule has 1 aromatic carbocycles. The largest absolute Gasteiger partial charge is 0.383 e. The van der Waals surface area contributed by atoms with Gasteiger partial charge in [-0.25, -0.2) is 0 Å². The zero-order valence-electron chi connectivity index (χ0n) is 14.8. The van der Waals surface area contributed by atoms with Gasteiger partial charge in [-0.2, -0.15) is 0 Å². The molecule has 0 spiro atoms. The standard InChI is InChI=1S/C20H24N2O3/c1-14-17-8-9-22(10-11-24-2)19(23)20(17,16-6-4-3-5-7-16)12-15-13-21-25-18(14)15/h3-7,13-14,17H,8-12H2,1-2H3/t14-,17-,20+/m0/s1. The van der Waals surface area contributed by atoms with E-state index >= 15 is 0 Å². The summed E-state index contributed by atoms with van der Waals surface area (Å²) in [6.45, 7) is 4.15. The first-order chi connectivity index (χ1) is 12.2. The Morgan fingerprint density at radius 3 is 2.92 bits per heavy atom. The van der Waals surface area contributed by atoms with Gasteiger partial charge in [0.2, 0.25) is 5.91 Å². The molecule has 0 bridgehead atoms. The number of rotatable bonds is 4. The molecule has 0 N–H and O–H groups in total. The number of amides is 1. The normalized spacial score (nSPS) is 28.6. The SMILES string of the molecule is COCCN1CC[C@H]2[C@H](C)c3oncc3C[C@]2(c2ccccc2)C1=O. The predicted octanol–water partition coefficient (Wildman–Crippen LogP) is 2.77. The maximum absolute atomic E-state index is 13.7. The molecule has 25 heavy (non-hydrogen) atoms. The average Bonchev–Trinajstić information content (AvgIpc) is 3.11. The van der Waals surface area contributed by atoms with E-state index in [4.69, 9.17) is 9.26 Å². The smallest absolute Gasteiger partial charge is 0.233 e. The third-order valence-corrected chi connectivity index (χ3v) is 6.03. The average molecular weight is 340 g/mol. The van der Waals surface area contributed by atoms with Crippen LogP contribution in [-0.4, -0.2) is 42.8 Å². The molecular formula is C20H24N2O3. The summed E-state index contributed by atoms with van der Waals surface area (Å²) in [5.74, 6) is 1.57. The maximum atomic E-state index is 13.7. The molecule has 132 valence electrons. The van der Waals surface area contributed by atoms with Crippen LogP contribution in [0.4, 0.5) is 0 Å². The van der Waals surface area contributed by atoms with Crippen LogP contribution in [0, 0.1) is 5.92 Å². The minimum Gasteiger partial charge on any atom is -0.383 e. The lowest BCUT2D eigenvalue weighted by atomic mass is 9.56. The number of fused-ring (bicyclic) bond motifs is 2. The third-order valence-electron chi connectivity index (χ3n) is 6.03. The lowest BCUT2D eigenvalue weighted by molar-refractivity contribution is -0.146. The number of benzene rings is 1. The van der Waals surface area contributed by atoms with Gasteiger partial charge in [-0.15, -0.1) is 0 Å². The monoisotopic (exact) mass is 340 g/mol. The van der Waals surface area contributed by atoms with Crippen LogP contribution in [0.1, 0.15) is 36.1 Å². The predicted molar refractivity (Wildman–Crippen MR) is 93.3 cm³/mol. The van der Waals surface area contributed by atoms with Gasteiger partial charge in [-0.1, -0.05) is 42.4 Å². The number of nitrogens with zero attached hydrogens (tertiary/aromatic N) is 2. The Morgan fingerprint density at radius 1 is 1.36 bits per heavy atom. The Bertz CT molecular complexity index is 757. The zero-order chi connectivity index (χ0) is 17.4. The molecule has 5 nitrogen and oxygen atoms in total. The fourth-order valence-electron chi connectivity index (χ4n) is 4.82. The minimum absolute atomic E-state index is 0.181. The first-order valence-electron chi connectivity index (χ1n) is 8.95. The molecule has 1 fully saturated rings. The molecule has 5 heteroatoms. The molecule has 0 unspecified atom stereocenters. The van der Waals surface area contributed by atoms with Gasteiger partial charge in [-0.3, -0.25) is 4.79 Å². The summed E-state index contributed by atoms with van der Waals surface area (Å²) >= 11 is 0. The number of ether oxygens (including phenoxy) is 1. The highest BCUT2D eigenvalue weighted by molar-refractivity contribution is 5.90. The Hall–Kier alpha value is -2.14. The number of methoxy groups -OCH3 is 1. The van der Waals surface area contributed by atoms with Crippen LogP contribution >= 0.6 is 0 Å². The summed E-state index contributed by atoms with van der Waals surface area (Å²) in [6.07, 6.45) is 3.41. The summed E-state index contributed by atoms with van der Waals surface area (Å²) in [5, 5.41) is 4.01. The fraction of sp³-hybridized carbons (Fsp3) is 0.500. The number of piperidine rings is 1. The van der Waals surface area contributed by atoms with E-state index < -0.39 is 5.41 Å². The Balaban J connectivity index is 1.83. The number of carbonyl (C=O) groups excluding carboxylic acids is 1. The number of likely N-dealkylation sites (tertiary alicyclic amines) is 1. The third kappa shape index (κ3) is 2.41. The molecule has 1 aliphatic heterocycles. The van der Waals surface area contributed by atoms with Gasteiger partial charge in [0.05, 0.1) is 18.2 Å². The van der Waals surface area contributed by atoms with Crippen molar-refractivity contribution in [3.05, 3.63) is 53.4 Å². The van der Waals surface area contributed by atoms with Crippen molar-refractivity contribution in [2.75, 3.05) is 26.8 Å². The number of carbonyl (C=O) groups is 1. The van der Waals surface area contributed by atoms with Gasteiger partial charge in [0.25, 0.3) is 0 Å². The number of hydrogen-bond acceptors (Lipinski definition) is 4. The van der Waals surface area contributed by atoms with Crippen LogP contribution in [0.5, 0.6) is 0 Å². The highest BCUT2D eigenvalue weighted by atomic mass is 16.5. The second-order valence-corrected chi connectivity index (χ2v) is 7.20. The van der Waals surface area contributed by atoms with Crippen molar-refractivity contribution in [1.29, 1.82) is 0 Å². The van der Waals surface area contributed by atoms with Crippen molar-refractivity contribution in [1.82, 2.24) is 10.1 Å². The van der Waals surface area contributed by atoms with Crippen LogP contribution in [0.25, 0.3) is 0 Å². The Labute approximate surface area is 147 Å². The molecule has 2 aromatic rings. The van der Waals surface area contributed by atoms with Gasteiger partial charge in [0.1, 0.15) is 5.76 Å². The van der Waals surface area contributed by atoms with E-state index in [-0.39, 0.29) is 17.7 Å². The van der Waals surface area contributed by atoms with Gasteiger partial charge in [-0.05, 0) is 24.3 Å². The van der Waals surface area contributed by atoms with Crippen molar-refractivity contribution in [2.45, 2.75) is 31.1 Å². The molecule has 1 aromatic heterocycles. The van der Waals surface area contributed by atoms with Crippen molar-refractivity contribution >= 4 is 5.91 Å². The quantitative estimate of drug-likeness (QED) is 0.859. The number of hydrogen-bond donors (Lipinski definition) is 0. The molecular weight excluding hydrogens is 316 g/mol. The highest BCUT2D eigenvalue weighted by Gasteiger charge is 2.57. The molecule has 1 aliphatic carbocycles. The van der Waals surface area contributed by atoms with Crippen LogP contribution in [-0.2, 0) is 21.4 Å². The first kappa shape index (κ1) is 16.3. The van der Waals surface area contributed by atoms with Crippen molar-refractivity contribution < 1.29 is 14.1 Å². The first-order valence-corrected chi connectivity index (χ1v) is 8.95. The zero-order valence-corrected chi connectivity index (χ0v) is 14.8. The van der Waals surface area contributed by atoms with Crippen LogP contribution in [0.2, 0.25) is 0 Å². The topological polar surface area (TPSA) is 55.6 Å². The van der Waals surface area contributed by atoms with E-state index in [2.05, 4.69) is 24.2 Å². The van der Waals surface area contributed by atoms with Crippen molar-refractivity contribution in [2.24, 2.45) is 5.92 Å². The second kappa shape index (κ2) is 6.30. The molecule has 2 heterocycles. The van der Waals surface area contributed by atoms with Crippen molar-refractivity contribution in [3.8, 4) is 0 Å². The highest BCUT2D eigenvalue weighted by Crippen LogP contribution is 2.53. The summed E-state index contributed by atoms with van der Waals surface area (Å²) in [4.78, 5) is 15.7. The van der Waals surface area contributed by atoms with Crippen LogP contribution in [0.15, 0.2) is 41.1 Å². The van der Waals surface area contributed by atoms with E-state index in [0.717, 1.165) is 29.9 Å². The van der Waals surface area contributed by atoms with E-state index in [9.17, 15) is 4.79 Å². The lowest BCUT2D eigenvalue weighted by Gasteiger charge is -2.51. The van der Waals surface area contributed by atoms with E-state index in [1.165, 1.54) is 0 Å². The lowest BCUT2D eigenvalue weighted by Crippen LogP contribution is -2.60. The molecule has 1 saturated heterocycles. The summed E-state index contributed by atoms with van der Waals surface area (Å²) < 4.78 is 10.7. The second-order valence-electron chi connectivity index (χ2n) is 7.20. The summed E-state index contributed by atoms with van der Waals surface area (Å²) in [5.41, 5.74) is 1.63. The fourth-order valence-corrected chi connectivity index (χ4v) is 4.82. The molecule has 4 rings (SSSR count). The van der Waals surface area contributed by atoms with Gasteiger partial charge >= 0.3 is 0 Å². The van der Waals surface area contributed by atoms with Crippen LogP contribution < -0.4 is 0 Å². The minimum atomic E-state index is -0.536. The molecule has 3 atom stereocenters.